The topological polar surface area (TPSA) is 59.8 Å². The molecule has 2 aromatic carbocycles. The van der Waals surface area contributed by atoms with Gasteiger partial charge in [-0.1, -0.05) is 24.3 Å². The normalized spacial score (nSPS) is 10.9. The number of halogens is 1. The van der Waals surface area contributed by atoms with Crippen LogP contribution in [0.2, 0.25) is 0 Å². The average Bonchev–Trinajstić information content (AvgIpc) is 3.11. The lowest BCUT2D eigenvalue weighted by Crippen LogP contribution is -2.23. The maximum atomic E-state index is 13.1. The van der Waals surface area contributed by atoms with Crippen LogP contribution in [0.25, 0.3) is 10.9 Å². The number of nitrogens with one attached hydrogen (secondary N) is 1. The first-order chi connectivity index (χ1) is 13.2. The number of hydrogen-bond donors (Lipinski definition) is 1. The lowest BCUT2D eigenvalue weighted by molar-refractivity contribution is 0.0950. The molecular formula is C21H17FN4O. The number of carbonyl (C=O) groups is 1. The summed E-state index contributed by atoms with van der Waals surface area (Å²) in [6, 6.07) is 17.4. The van der Waals surface area contributed by atoms with Crippen LogP contribution < -0.4 is 5.32 Å². The van der Waals surface area contributed by atoms with E-state index >= 15 is 0 Å². The Labute approximate surface area is 155 Å². The molecule has 0 saturated heterocycles. The lowest BCUT2D eigenvalue weighted by Gasteiger charge is -2.07. The van der Waals surface area contributed by atoms with Crippen molar-refractivity contribution in [3.8, 4) is 0 Å². The molecule has 4 aromatic rings. The van der Waals surface area contributed by atoms with Crippen LogP contribution in [0.15, 0.2) is 73.1 Å². The molecule has 0 aliphatic carbocycles. The molecule has 6 heteroatoms. The molecule has 0 spiro atoms. The van der Waals surface area contributed by atoms with Gasteiger partial charge in [0.2, 0.25) is 0 Å². The Morgan fingerprint density at radius 2 is 1.93 bits per heavy atom. The van der Waals surface area contributed by atoms with Crippen molar-refractivity contribution in [2.45, 2.75) is 13.1 Å². The van der Waals surface area contributed by atoms with E-state index in [2.05, 4.69) is 15.4 Å². The molecule has 27 heavy (non-hydrogen) atoms. The number of aromatic nitrogens is 3. The second-order valence-corrected chi connectivity index (χ2v) is 6.21. The Bertz CT molecular complexity index is 1070. The smallest absolute Gasteiger partial charge is 0.251 e. The Morgan fingerprint density at radius 1 is 1.07 bits per heavy atom. The summed E-state index contributed by atoms with van der Waals surface area (Å²) in [6.07, 6.45) is 3.45. The highest BCUT2D eigenvalue weighted by molar-refractivity contribution is 5.97. The number of rotatable bonds is 5. The van der Waals surface area contributed by atoms with Crippen molar-refractivity contribution in [3.05, 3.63) is 95.7 Å². The lowest BCUT2D eigenvalue weighted by atomic mass is 10.1. The summed E-state index contributed by atoms with van der Waals surface area (Å²) in [4.78, 5) is 16.7. The predicted molar refractivity (Wildman–Crippen MR) is 101 cm³/mol. The number of benzene rings is 2. The Kier molecular flexibility index (Phi) is 4.61. The van der Waals surface area contributed by atoms with Gasteiger partial charge in [0.25, 0.3) is 5.91 Å². The monoisotopic (exact) mass is 360 g/mol. The van der Waals surface area contributed by atoms with Crippen molar-refractivity contribution in [2.24, 2.45) is 0 Å². The van der Waals surface area contributed by atoms with E-state index in [9.17, 15) is 9.18 Å². The largest absolute Gasteiger partial charge is 0.346 e. The van der Waals surface area contributed by atoms with Crippen molar-refractivity contribution >= 4 is 16.8 Å². The van der Waals surface area contributed by atoms with E-state index in [0.717, 1.165) is 22.2 Å². The van der Waals surface area contributed by atoms with Gasteiger partial charge in [-0.15, -0.1) is 0 Å². The van der Waals surface area contributed by atoms with Gasteiger partial charge in [0.05, 0.1) is 30.5 Å². The van der Waals surface area contributed by atoms with Crippen molar-refractivity contribution in [3.63, 3.8) is 0 Å². The molecule has 0 fully saturated rings. The third kappa shape index (κ3) is 3.84. The maximum Gasteiger partial charge on any atom is 0.251 e. The van der Waals surface area contributed by atoms with Crippen LogP contribution in [-0.2, 0) is 13.1 Å². The van der Waals surface area contributed by atoms with E-state index in [0.29, 0.717) is 18.7 Å². The van der Waals surface area contributed by atoms with E-state index in [4.69, 9.17) is 0 Å². The number of carbonyl (C=O) groups excluding carboxylic acids is 1. The summed E-state index contributed by atoms with van der Waals surface area (Å²) in [6.45, 7) is 0.870. The number of pyridine rings is 1. The summed E-state index contributed by atoms with van der Waals surface area (Å²) in [5, 5.41) is 8.21. The quantitative estimate of drug-likeness (QED) is 0.592. The molecule has 134 valence electrons. The zero-order valence-corrected chi connectivity index (χ0v) is 14.5. The van der Waals surface area contributed by atoms with Gasteiger partial charge in [-0.2, -0.15) is 5.10 Å². The molecular weight excluding hydrogens is 343 g/mol. The summed E-state index contributed by atoms with van der Waals surface area (Å²) < 4.78 is 14.9. The van der Waals surface area contributed by atoms with Crippen molar-refractivity contribution < 1.29 is 9.18 Å². The SMILES string of the molecule is O=C(NCc1ccccn1)c1ccc2cnn(Cc3ccc(F)cc3)c2c1. The van der Waals surface area contributed by atoms with E-state index in [-0.39, 0.29) is 11.7 Å². The van der Waals surface area contributed by atoms with E-state index in [1.165, 1.54) is 12.1 Å². The second-order valence-electron chi connectivity index (χ2n) is 6.21. The molecule has 0 unspecified atom stereocenters. The molecule has 0 bridgehead atoms. The first-order valence-corrected chi connectivity index (χ1v) is 8.57. The molecule has 2 heterocycles. The summed E-state index contributed by atoms with van der Waals surface area (Å²) in [5.74, 6) is -0.437. The van der Waals surface area contributed by atoms with Gasteiger partial charge in [-0.3, -0.25) is 14.5 Å². The molecule has 5 nitrogen and oxygen atoms in total. The first-order valence-electron chi connectivity index (χ1n) is 8.57. The maximum absolute atomic E-state index is 13.1. The fourth-order valence-corrected chi connectivity index (χ4v) is 2.88. The van der Waals surface area contributed by atoms with Crippen LogP contribution in [0.4, 0.5) is 4.39 Å². The van der Waals surface area contributed by atoms with Gasteiger partial charge in [-0.05, 0) is 42.0 Å². The predicted octanol–water partition coefficient (Wildman–Crippen LogP) is 3.55. The van der Waals surface area contributed by atoms with Crippen molar-refractivity contribution in [2.75, 3.05) is 0 Å². The standard InChI is InChI=1S/C21H17FN4O/c22-18-8-4-15(5-9-18)14-26-20-11-16(6-7-17(20)12-25-26)21(27)24-13-19-3-1-2-10-23-19/h1-12H,13-14H2,(H,24,27). The highest BCUT2D eigenvalue weighted by Crippen LogP contribution is 2.17. The minimum Gasteiger partial charge on any atom is -0.346 e. The van der Waals surface area contributed by atoms with Crippen molar-refractivity contribution in [1.82, 2.24) is 20.1 Å². The second kappa shape index (κ2) is 7.37. The molecule has 0 radical (unpaired) electrons. The van der Waals surface area contributed by atoms with Gasteiger partial charge in [0, 0.05) is 17.1 Å². The highest BCUT2D eigenvalue weighted by Gasteiger charge is 2.10. The van der Waals surface area contributed by atoms with Gasteiger partial charge in [-0.25, -0.2) is 4.39 Å². The molecule has 4 rings (SSSR count). The average molecular weight is 360 g/mol. The fourth-order valence-electron chi connectivity index (χ4n) is 2.88. The Morgan fingerprint density at radius 3 is 2.70 bits per heavy atom. The zero-order valence-electron chi connectivity index (χ0n) is 14.5. The zero-order chi connectivity index (χ0) is 18.6. The minimum absolute atomic E-state index is 0.169. The van der Waals surface area contributed by atoms with Crippen LogP contribution in [0.3, 0.4) is 0 Å². The van der Waals surface area contributed by atoms with Gasteiger partial charge >= 0.3 is 0 Å². The van der Waals surface area contributed by atoms with Crippen molar-refractivity contribution in [1.29, 1.82) is 0 Å². The molecule has 0 aliphatic heterocycles. The van der Waals surface area contributed by atoms with Crippen LogP contribution in [0, 0.1) is 5.82 Å². The number of nitrogens with zero attached hydrogens (tertiary/aromatic N) is 3. The minimum atomic E-state index is -0.268. The first kappa shape index (κ1) is 16.9. The van der Waals surface area contributed by atoms with Crippen LogP contribution in [0.5, 0.6) is 0 Å². The van der Waals surface area contributed by atoms with Gasteiger partial charge < -0.3 is 5.32 Å². The summed E-state index contributed by atoms with van der Waals surface area (Å²) in [5.41, 5.74) is 3.14. The van der Waals surface area contributed by atoms with E-state index < -0.39 is 0 Å². The van der Waals surface area contributed by atoms with Crippen LogP contribution >= 0.6 is 0 Å². The Hall–Kier alpha value is -3.54. The molecule has 2 aromatic heterocycles. The molecule has 0 saturated carbocycles. The van der Waals surface area contributed by atoms with Gasteiger partial charge in [0.15, 0.2) is 0 Å². The van der Waals surface area contributed by atoms with Crippen LogP contribution in [0.1, 0.15) is 21.6 Å². The van der Waals surface area contributed by atoms with E-state index in [1.807, 2.05) is 30.3 Å². The number of amides is 1. The molecule has 1 N–H and O–H groups in total. The van der Waals surface area contributed by atoms with E-state index in [1.54, 1.807) is 35.3 Å². The van der Waals surface area contributed by atoms with Crippen LogP contribution in [-0.4, -0.2) is 20.7 Å². The highest BCUT2D eigenvalue weighted by atomic mass is 19.1. The fraction of sp³-hybridized carbons (Fsp3) is 0.0952. The molecule has 0 atom stereocenters. The summed E-state index contributed by atoms with van der Waals surface area (Å²) >= 11 is 0. The third-order valence-electron chi connectivity index (χ3n) is 4.31. The molecule has 0 aliphatic rings. The number of hydrogen-bond acceptors (Lipinski definition) is 3. The molecule has 1 amide bonds. The summed E-state index contributed by atoms with van der Waals surface area (Å²) in [7, 11) is 0. The van der Waals surface area contributed by atoms with Gasteiger partial charge in [0.1, 0.15) is 5.82 Å². The third-order valence-corrected chi connectivity index (χ3v) is 4.31. The number of fused-ring (bicyclic) bond motifs is 1. The Balaban J connectivity index is 1.54.